The molecule has 1 aromatic carbocycles. The van der Waals surface area contributed by atoms with Gasteiger partial charge >= 0.3 is 0 Å². The minimum absolute atomic E-state index is 0.167. The number of carbonyl (C=O) groups is 2. The highest BCUT2D eigenvalue weighted by atomic mass is 32.1. The molecule has 0 fully saturated rings. The van der Waals surface area contributed by atoms with Crippen molar-refractivity contribution in [3.63, 3.8) is 0 Å². The molecule has 8 nitrogen and oxygen atoms in total. The zero-order valence-electron chi connectivity index (χ0n) is 15.7. The summed E-state index contributed by atoms with van der Waals surface area (Å²) in [6, 6.07) is 11.2. The monoisotopic (exact) mass is 436 g/mol. The Labute approximate surface area is 179 Å². The summed E-state index contributed by atoms with van der Waals surface area (Å²) in [5.74, 6) is -0.340. The van der Waals surface area contributed by atoms with E-state index in [1.165, 1.54) is 33.7 Å². The van der Waals surface area contributed by atoms with Gasteiger partial charge in [-0.25, -0.2) is 4.98 Å². The third-order valence-electron chi connectivity index (χ3n) is 4.72. The topological polar surface area (TPSA) is 93.0 Å². The lowest BCUT2D eigenvalue weighted by atomic mass is 10.1. The summed E-state index contributed by atoms with van der Waals surface area (Å²) in [5.41, 5.74) is 2.65. The molecule has 1 aliphatic heterocycles. The van der Waals surface area contributed by atoms with Crippen LogP contribution in [0.4, 0.5) is 5.13 Å². The standard InChI is InChI=1S/C20H16N6O2S2/c27-18(13-7-9-29-12-13)23-20-22-15-6-8-25(11-17(15)30-20)19(28)16-10-21-26(24-16)14-4-2-1-3-5-14/h1-5,7,9-10,12H,6,8,11H2,(H,22,23,27). The van der Waals surface area contributed by atoms with Crippen molar-refractivity contribution in [1.82, 2.24) is 24.9 Å². The molecule has 0 bridgehead atoms. The summed E-state index contributed by atoms with van der Waals surface area (Å²) in [5, 5.41) is 15.6. The maximum absolute atomic E-state index is 12.9. The van der Waals surface area contributed by atoms with E-state index >= 15 is 0 Å². The van der Waals surface area contributed by atoms with Crippen LogP contribution in [0.5, 0.6) is 0 Å². The number of carbonyl (C=O) groups excluding carboxylic acids is 2. The number of hydrogen-bond donors (Lipinski definition) is 1. The Bertz CT molecular complexity index is 1200. The molecule has 0 saturated carbocycles. The Morgan fingerprint density at radius 1 is 1.13 bits per heavy atom. The number of nitrogens with zero attached hydrogens (tertiary/aromatic N) is 5. The number of hydrogen-bond acceptors (Lipinski definition) is 7. The Kier molecular flexibility index (Phi) is 4.85. The zero-order valence-corrected chi connectivity index (χ0v) is 17.3. The molecule has 1 N–H and O–H groups in total. The Morgan fingerprint density at radius 3 is 2.80 bits per heavy atom. The largest absolute Gasteiger partial charge is 0.332 e. The van der Waals surface area contributed by atoms with Crippen LogP contribution in [0.1, 0.15) is 31.4 Å². The highest BCUT2D eigenvalue weighted by molar-refractivity contribution is 7.16. The van der Waals surface area contributed by atoms with Crippen LogP contribution >= 0.6 is 22.7 Å². The van der Waals surface area contributed by atoms with Gasteiger partial charge in [0.05, 0.1) is 29.7 Å². The summed E-state index contributed by atoms with van der Waals surface area (Å²) in [6.45, 7) is 0.990. The number of anilines is 1. The molecule has 10 heteroatoms. The van der Waals surface area contributed by atoms with E-state index in [-0.39, 0.29) is 11.8 Å². The Morgan fingerprint density at radius 2 is 2.00 bits per heavy atom. The number of fused-ring (bicyclic) bond motifs is 1. The lowest BCUT2D eigenvalue weighted by Gasteiger charge is -2.25. The van der Waals surface area contributed by atoms with E-state index in [1.807, 2.05) is 35.7 Å². The fourth-order valence-corrected chi connectivity index (χ4v) is 4.85. The highest BCUT2D eigenvalue weighted by Gasteiger charge is 2.27. The lowest BCUT2D eigenvalue weighted by Crippen LogP contribution is -2.35. The fraction of sp³-hybridized carbons (Fsp3) is 0.150. The average Bonchev–Trinajstić information content (AvgIpc) is 3.53. The molecule has 2 amide bonds. The van der Waals surface area contributed by atoms with Crippen molar-refractivity contribution in [2.45, 2.75) is 13.0 Å². The van der Waals surface area contributed by atoms with E-state index in [9.17, 15) is 9.59 Å². The Balaban J connectivity index is 1.29. The SMILES string of the molecule is O=C(Nc1nc2c(s1)CN(C(=O)c1cnn(-c3ccccc3)n1)CC2)c1ccsc1. The molecular weight excluding hydrogens is 420 g/mol. The van der Waals surface area contributed by atoms with Gasteiger partial charge in [0.1, 0.15) is 0 Å². The van der Waals surface area contributed by atoms with Crippen molar-refractivity contribution in [3.05, 3.63) is 75.2 Å². The molecule has 4 aromatic rings. The molecule has 0 radical (unpaired) electrons. The zero-order chi connectivity index (χ0) is 20.5. The quantitative estimate of drug-likeness (QED) is 0.530. The summed E-state index contributed by atoms with van der Waals surface area (Å²) in [7, 11) is 0. The second-order valence-electron chi connectivity index (χ2n) is 6.69. The number of thiophene rings is 1. The highest BCUT2D eigenvalue weighted by Crippen LogP contribution is 2.29. The van der Waals surface area contributed by atoms with Gasteiger partial charge < -0.3 is 4.90 Å². The first-order valence-corrected chi connectivity index (χ1v) is 11.0. The summed E-state index contributed by atoms with van der Waals surface area (Å²) < 4.78 is 0. The van der Waals surface area contributed by atoms with Crippen molar-refractivity contribution < 1.29 is 9.59 Å². The van der Waals surface area contributed by atoms with Gasteiger partial charge in [0.25, 0.3) is 11.8 Å². The molecule has 0 saturated heterocycles. The van der Waals surface area contributed by atoms with Gasteiger partial charge in [0.15, 0.2) is 10.8 Å². The predicted molar refractivity (Wildman–Crippen MR) is 114 cm³/mol. The second-order valence-corrected chi connectivity index (χ2v) is 8.55. The number of amides is 2. The van der Waals surface area contributed by atoms with Crippen molar-refractivity contribution in [2.24, 2.45) is 0 Å². The maximum Gasteiger partial charge on any atom is 0.276 e. The third kappa shape index (κ3) is 3.62. The van der Waals surface area contributed by atoms with Gasteiger partial charge in [-0.05, 0) is 23.6 Å². The molecule has 4 heterocycles. The van der Waals surface area contributed by atoms with Crippen molar-refractivity contribution in [2.75, 3.05) is 11.9 Å². The molecule has 5 rings (SSSR count). The third-order valence-corrected chi connectivity index (χ3v) is 6.40. The first-order valence-electron chi connectivity index (χ1n) is 9.26. The number of rotatable bonds is 4. The lowest BCUT2D eigenvalue weighted by molar-refractivity contribution is 0.0729. The first kappa shape index (κ1) is 18.6. The van der Waals surface area contributed by atoms with Crippen molar-refractivity contribution in [3.8, 4) is 5.69 Å². The number of benzene rings is 1. The minimum Gasteiger partial charge on any atom is -0.332 e. The smallest absolute Gasteiger partial charge is 0.276 e. The summed E-state index contributed by atoms with van der Waals surface area (Å²) in [4.78, 5) is 33.9. The van der Waals surface area contributed by atoms with Gasteiger partial charge in [-0.2, -0.15) is 21.2 Å². The summed E-state index contributed by atoms with van der Waals surface area (Å²) >= 11 is 2.88. The normalized spacial score (nSPS) is 13.1. The van der Waals surface area contributed by atoms with Crippen LogP contribution in [-0.4, -0.2) is 43.2 Å². The average molecular weight is 437 g/mol. The van der Waals surface area contributed by atoms with E-state index < -0.39 is 0 Å². The Hall–Kier alpha value is -3.37. The molecule has 0 unspecified atom stereocenters. The van der Waals surface area contributed by atoms with Crippen LogP contribution in [0.25, 0.3) is 5.69 Å². The van der Waals surface area contributed by atoms with Crippen molar-refractivity contribution >= 4 is 39.6 Å². The van der Waals surface area contributed by atoms with E-state index in [0.29, 0.717) is 35.9 Å². The molecule has 150 valence electrons. The first-order chi connectivity index (χ1) is 14.7. The molecule has 30 heavy (non-hydrogen) atoms. The number of para-hydroxylation sites is 1. The van der Waals surface area contributed by atoms with Gasteiger partial charge in [-0.3, -0.25) is 14.9 Å². The van der Waals surface area contributed by atoms with Gasteiger partial charge in [-0.1, -0.05) is 29.5 Å². The van der Waals surface area contributed by atoms with Crippen LogP contribution in [0.15, 0.2) is 53.4 Å². The number of thiazole rings is 1. The van der Waals surface area contributed by atoms with Gasteiger partial charge in [0.2, 0.25) is 0 Å². The number of nitrogens with one attached hydrogen (secondary N) is 1. The van der Waals surface area contributed by atoms with E-state index in [0.717, 1.165) is 16.3 Å². The predicted octanol–water partition coefficient (Wildman–Crippen LogP) is 3.24. The second kappa shape index (κ2) is 7.81. The molecular formula is C20H16N6O2S2. The molecule has 0 atom stereocenters. The minimum atomic E-state index is -0.173. The maximum atomic E-state index is 12.9. The van der Waals surface area contributed by atoms with E-state index in [1.54, 1.807) is 16.3 Å². The van der Waals surface area contributed by atoms with Crippen LogP contribution in [0.2, 0.25) is 0 Å². The fourth-order valence-electron chi connectivity index (χ4n) is 3.19. The molecule has 1 aliphatic rings. The van der Waals surface area contributed by atoms with E-state index in [4.69, 9.17) is 0 Å². The molecule has 0 aliphatic carbocycles. The van der Waals surface area contributed by atoms with E-state index in [2.05, 4.69) is 20.5 Å². The molecule has 0 spiro atoms. The van der Waals surface area contributed by atoms with Crippen LogP contribution in [0, 0.1) is 0 Å². The summed E-state index contributed by atoms with van der Waals surface area (Å²) in [6.07, 6.45) is 2.13. The van der Waals surface area contributed by atoms with Gasteiger partial charge in [-0.15, -0.1) is 5.10 Å². The van der Waals surface area contributed by atoms with Crippen LogP contribution in [0.3, 0.4) is 0 Å². The van der Waals surface area contributed by atoms with Crippen LogP contribution in [-0.2, 0) is 13.0 Å². The van der Waals surface area contributed by atoms with Crippen molar-refractivity contribution in [1.29, 1.82) is 0 Å². The van der Waals surface area contributed by atoms with Crippen LogP contribution < -0.4 is 5.32 Å². The van der Waals surface area contributed by atoms with Gasteiger partial charge in [0, 0.05) is 23.2 Å². The molecule has 3 aromatic heterocycles. The number of aromatic nitrogens is 4.